The average Bonchev–Trinajstić information content (AvgIpc) is 4.07. The van der Waals surface area contributed by atoms with Gasteiger partial charge in [-0.05, 0) is 140 Å². The van der Waals surface area contributed by atoms with E-state index in [0.29, 0.717) is 0 Å². The Labute approximate surface area is 390 Å². The van der Waals surface area contributed by atoms with Gasteiger partial charge in [-0.2, -0.15) is 0 Å². The number of hydrogen-bond donors (Lipinski definition) is 0. The molecule has 1 heterocycles. The van der Waals surface area contributed by atoms with Gasteiger partial charge >= 0.3 is 0 Å². The Bertz CT molecular complexity index is 3810. The summed E-state index contributed by atoms with van der Waals surface area (Å²) in [6.07, 6.45) is 0. The van der Waals surface area contributed by atoms with E-state index in [1.54, 1.807) is 0 Å². The summed E-state index contributed by atoms with van der Waals surface area (Å²) in [6.45, 7) is 4.74. The smallest absolute Gasteiger partial charge is 0.135 e. The molecule has 0 amide bonds. The molecule has 3 heteroatoms. The topological polar surface area (TPSA) is 19.6 Å². The monoisotopic (exact) mass is 856 g/mol. The largest absolute Gasteiger partial charge is 0.456 e. The summed E-state index contributed by atoms with van der Waals surface area (Å²) in [5.74, 6) is 0. The third-order valence-corrected chi connectivity index (χ3v) is 15.0. The molecule has 10 aromatic carbocycles. The maximum atomic E-state index is 6.33. The number of anilines is 6. The van der Waals surface area contributed by atoms with Crippen molar-refractivity contribution in [1.29, 1.82) is 0 Å². The van der Waals surface area contributed by atoms with Crippen molar-refractivity contribution in [3.63, 3.8) is 0 Å². The highest BCUT2D eigenvalue weighted by molar-refractivity contribution is 6.07. The highest BCUT2D eigenvalue weighted by Gasteiger charge is 2.53. The lowest BCUT2D eigenvalue weighted by molar-refractivity contribution is 0.660. The number of hydrogen-bond acceptors (Lipinski definition) is 3. The van der Waals surface area contributed by atoms with Crippen LogP contribution in [-0.2, 0) is 10.8 Å². The molecule has 67 heavy (non-hydrogen) atoms. The van der Waals surface area contributed by atoms with Gasteiger partial charge in [-0.1, -0.05) is 166 Å². The van der Waals surface area contributed by atoms with Crippen LogP contribution in [0.4, 0.5) is 34.1 Å². The SMILES string of the molecule is CC1(C)c2ccccc2-c2ccc(N(c3ccccc3)c3cccc4c3-c3ccccc3C43c4ccccc4-c4ccc(N(c5ccccc5)c5ccc6oc7ccccc7c6c5)cc43)cc21. The molecule has 3 nitrogen and oxygen atoms in total. The summed E-state index contributed by atoms with van der Waals surface area (Å²) in [5.41, 5.74) is 23.4. The Balaban J connectivity index is 1.01. The molecule has 0 saturated carbocycles. The molecule has 3 aliphatic carbocycles. The van der Waals surface area contributed by atoms with Gasteiger partial charge in [0.25, 0.3) is 0 Å². The van der Waals surface area contributed by atoms with Crippen molar-refractivity contribution in [1.82, 2.24) is 0 Å². The summed E-state index contributed by atoms with van der Waals surface area (Å²) in [4.78, 5) is 4.90. The quantitative estimate of drug-likeness (QED) is 0.166. The van der Waals surface area contributed by atoms with Gasteiger partial charge in [0.2, 0.25) is 0 Å². The van der Waals surface area contributed by atoms with E-state index in [4.69, 9.17) is 4.42 Å². The van der Waals surface area contributed by atoms with Gasteiger partial charge in [0, 0.05) is 50.2 Å². The van der Waals surface area contributed by atoms with Crippen molar-refractivity contribution >= 4 is 56.1 Å². The number of para-hydroxylation sites is 3. The highest BCUT2D eigenvalue weighted by atomic mass is 16.3. The number of rotatable bonds is 6. The maximum absolute atomic E-state index is 6.33. The van der Waals surface area contributed by atoms with E-state index >= 15 is 0 Å². The van der Waals surface area contributed by atoms with Crippen LogP contribution in [0.25, 0.3) is 55.3 Å². The van der Waals surface area contributed by atoms with Crippen molar-refractivity contribution in [3.05, 3.63) is 264 Å². The Morgan fingerprint density at radius 1 is 0.313 bits per heavy atom. The normalized spacial score (nSPS) is 15.5. The van der Waals surface area contributed by atoms with E-state index in [-0.39, 0.29) is 5.41 Å². The first-order valence-electron chi connectivity index (χ1n) is 23.3. The predicted molar refractivity (Wildman–Crippen MR) is 277 cm³/mol. The number of fused-ring (bicyclic) bond motifs is 16. The molecule has 0 fully saturated rings. The van der Waals surface area contributed by atoms with Crippen LogP contribution in [0, 0.1) is 0 Å². The molecule has 1 aromatic heterocycles. The average molecular weight is 857 g/mol. The Morgan fingerprint density at radius 2 is 0.806 bits per heavy atom. The standard InChI is InChI=1S/C64H44N2O/c1-63(2)53-26-13-9-22-46(53)48-35-33-45(39-57(48)63)66(42-20-7-4-8-21-42)59-30-17-29-56-62(59)51-25-11-15-28-55(51)64(56)54-27-14-10-23-47(54)49-36-32-44(40-58(49)64)65(41-18-5-3-6-19-41)43-34-37-61-52(38-43)50-24-12-16-31-60(50)67-61/h3-40H,1-2H3. The van der Waals surface area contributed by atoms with E-state index in [2.05, 4.69) is 248 Å². The molecule has 0 bridgehead atoms. The molecule has 3 aliphatic rings. The van der Waals surface area contributed by atoms with Crippen LogP contribution in [0.15, 0.2) is 235 Å². The third kappa shape index (κ3) is 5.23. The van der Waals surface area contributed by atoms with E-state index < -0.39 is 5.41 Å². The van der Waals surface area contributed by atoms with Gasteiger partial charge in [0.05, 0.1) is 11.1 Å². The third-order valence-electron chi connectivity index (χ3n) is 15.0. The fourth-order valence-electron chi connectivity index (χ4n) is 12.2. The molecule has 0 N–H and O–H groups in total. The van der Waals surface area contributed by atoms with E-state index in [0.717, 1.165) is 56.1 Å². The van der Waals surface area contributed by atoms with Gasteiger partial charge in [-0.3, -0.25) is 0 Å². The molecular formula is C64H44N2O. The minimum Gasteiger partial charge on any atom is -0.456 e. The van der Waals surface area contributed by atoms with E-state index in [9.17, 15) is 0 Å². The molecule has 1 atom stereocenters. The molecular weight excluding hydrogens is 813 g/mol. The summed E-state index contributed by atoms with van der Waals surface area (Å²) in [5, 5.41) is 2.22. The molecule has 11 aromatic rings. The van der Waals surface area contributed by atoms with Crippen LogP contribution in [0.5, 0.6) is 0 Å². The van der Waals surface area contributed by atoms with Gasteiger partial charge < -0.3 is 14.2 Å². The fraction of sp³-hybridized carbons (Fsp3) is 0.0625. The van der Waals surface area contributed by atoms with Crippen molar-refractivity contribution < 1.29 is 4.42 Å². The highest BCUT2D eigenvalue weighted by Crippen LogP contribution is 2.65. The van der Waals surface area contributed by atoms with Crippen molar-refractivity contribution in [2.75, 3.05) is 9.80 Å². The second-order valence-electron chi connectivity index (χ2n) is 18.8. The van der Waals surface area contributed by atoms with Crippen LogP contribution in [0.3, 0.4) is 0 Å². The van der Waals surface area contributed by atoms with Gasteiger partial charge in [0.15, 0.2) is 0 Å². The summed E-state index contributed by atoms with van der Waals surface area (Å²) >= 11 is 0. The molecule has 0 saturated heterocycles. The molecule has 14 rings (SSSR count). The zero-order chi connectivity index (χ0) is 44.4. The maximum Gasteiger partial charge on any atom is 0.135 e. The van der Waals surface area contributed by atoms with Crippen LogP contribution in [-0.4, -0.2) is 0 Å². The first kappa shape index (κ1) is 37.9. The Hall–Kier alpha value is -8.40. The first-order chi connectivity index (χ1) is 33.0. The Kier molecular flexibility index (Phi) is 7.95. The number of furan rings is 1. The van der Waals surface area contributed by atoms with Crippen molar-refractivity contribution in [3.8, 4) is 33.4 Å². The second kappa shape index (κ2) is 14.1. The summed E-state index contributed by atoms with van der Waals surface area (Å²) in [7, 11) is 0. The second-order valence-corrected chi connectivity index (χ2v) is 18.8. The van der Waals surface area contributed by atoms with Crippen LogP contribution >= 0.6 is 0 Å². The minimum absolute atomic E-state index is 0.139. The van der Waals surface area contributed by atoms with E-state index in [1.807, 2.05) is 6.07 Å². The lowest BCUT2D eigenvalue weighted by Crippen LogP contribution is -2.26. The van der Waals surface area contributed by atoms with Gasteiger partial charge in [-0.25, -0.2) is 0 Å². The molecule has 1 unspecified atom stereocenters. The number of benzene rings is 10. The molecule has 316 valence electrons. The first-order valence-corrected chi connectivity index (χ1v) is 23.3. The van der Waals surface area contributed by atoms with E-state index in [1.165, 1.54) is 66.8 Å². The number of nitrogens with zero attached hydrogens (tertiary/aromatic N) is 2. The van der Waals surface area contributed by atoms with Crippen LogP contribution in [0.2, 0.25) is 0 Å². The minimum atomic E-state index is -0.582. The summed E-state index contributed by atoms with van der Waals surface area (Å²) in [6, 6.07) is 85.1. The van der Waals surface area contributed by atoms with Crippen LogP contribution in [0.1, 0.15) is 47.2 Å². The van der Waals surface area contributed by atoms with Crippen LogP contribution < -0.4 is 9.80 Å². The lowest BCUT2D eigenvalue weighted by Gasteiger charge is -2.33. The zero-order valence-electron chi connectivity index (χ0n) is 37.2. The van der Waals surface area contributed by atoms with Crippen molar-refractivity contribution in [2.45, 2.75) is 24.7 Å². The van der Waals surface area contributed by atoms with Crippen molar-refractivity contribution in [2.24, 2.45) is 0 Å². The summed E-state index contributed by atoms with van der Waals surface area (Å²) < 4.78 is 6.33. The fourth-order valence-corrected chi connectivity index (χ4v) is 12.2. The van der Waals surface area contributed by atoms with Gasteiger partial charge in [-0.15, -0.1) is 0 Å². The Morgan fingerprint density at radius 3 is 1.55 bits per heavy atom. The molecule has 1 spiro atoms. The predicted octanol–water partition coefficient (Wildman–Crippen LogP) is 17.2. The molecule has 0 radical (unpaired) electrons. The zero-order valence-corrected chi connectivity index (χ0v) is 37.2. The lowest BCUT2D eigenvalue weighted by atomic mass is 9.70. The van der Waals surface area contributed by atoms with Gasteiger partial charge in [0.1, 0.15) is 11.2 Å². The molecule has 0 aliphatic heterocycles.